The van der Waals surface area contributed by atoms with Crippen LogP contribution in [0.2, 0.25) is 0 Å². The Balaban J connectivity index is 1.64. The predicted molar refractivity (Wildman–Crippen MR) is 115 cm³/mol. The van der Waals surface area contributed by atoms with Gasteiger partial charge in [-0.15, -0.1) is 11.3 Å². The molecule has 0 unspecified atom stereocenters. The molecule has 28 heavy (non-hydrogen) atoms. The first-order valence-electron chi connectivity index (χ1n) is 9.38. The molecule has 0 aliphatic carbocycles. The second-order valence-electron chi connectivity index (χ2n) is 6.72. The van der Waals surface area contributed by atoms with Crippen LogP contribution in [-0.2, 0) is 13.0 Å². The van der Waals surface area contributed by atoms with Crippen molar-refractivity contribution in [3.05, 3.63) is 77.1 Å². The van der Waals surface area contributed by atoms with E-state index in [1.165, 1.54) is 11.3 Å². The fourth-order valence-electron chi connectivity index (χ4n) is 3.25. The molecule has 142 valence electrons. The Morgan fingerprint density at radius 1 is 1.07 bits per heavy atom. The van der Waals surface area contributed by atoms with Crippen molar-refractivity contribution in [2.45, 2.75) is 26.8 Å². The second kappa shape index (κ2) is 7.98. The van der Waals surface area contributed by atoms with E-state index in [4.69, 9.17) is 9.72 Å². The average Bonchev–Trinajstić information content (AvgIpc) is 3.36. The third-order valence-electron chi connectivity index (χ3n) is 4.89. The molecule has 0 saturated carbocycles. The molecule has 4 nitrogen and oxygen atoms in total. The number of aromatic nitrogens is 3. The van der Waals surface area contributed by atoms with Gasteiger partial charge in [0.25, 0.3) is 0 Å². The fourth-order valence-corrected chi connectivity index (χ4v) is 4.06. The molecule has 0 amide bonds. The van der Waals surface area contributed by atoms with Crippen LogP contribution in [0.4, 0.5) is 0 Å². The minimum Gasteiger partial charge on any atom is -0.497 e. The van der Waals surface area contributed by atoms with Crippen molar-refractivity contribution >= 4 is 11.3 Å². The van der Waals surface area contributed by atoms with Gasteiger partial charge in [-0.05, 0) is 55.3 Å². The van der Waals surface area contributed by atoms with E-state index in [2.05, 4.69) is 59.1 Å². The first-order valence-corrected chi connectivity index (χ1v) is 10.3. The molecule has 3 heterocycles. The molecule has 0 bridgehead atoms. The molecule has 4 aromatic rings. The van der Waals surface area contributed by atoms with E-state index >= 15 is 0 Å². The number of methoxy groups -OCH3 is 1. The number of aryl methyl sites for hydroxylation is 2. The molecule has 0 radical (unpaired) electrons. The predicted octanol–water partition coefficient (Wildman–Crippen LogP) is 5.60. The number of ether oxygens (including phenoxy) is 1. The van der Waals surface area contributed by atoms with E-state index in [1.807, 2.05) is 24.4 Å². The third-order valence-corrected chi connectivity index (χ3v) is 5.78. The Labute approximate surface area is 169 Å². The Hall–Kier alpha value is -2.92. The Bertz CT molecular complexity index is 1080. The van der Waals surface area contributed by atoms with Crippen molar-refractivity contribution < 1.29 is 4.74 Å². The molecular weight excluding hydrogens is 366 g/mol. The minimum absolute atomic E-state index is 0.806. The monoisotopic (exact) mass is 389 g/mol. The highest BCUT2D eigenvalue weighted by atomic mass is 32.1. The van der Waals surface area contributed by atoms with Crippen molar-refractivity contribution in [2.75, 3.05) is 7.11 Å². The third kappa shape index (κ3) is 3.71. The Kier molecular flexibility index (Phi) is 5.26. The largest absolute Gasteiger partial charge is 0.497 e. The number of pyridine rings is 1. The Morgan fingerprint density at radius 2 is 1.89 bits per heavy atom. The topological polar surface area (TPSA) is 39.9 Å². The van der Waals surface area contributed by atoms with Gasteiger partial charge < -0.3 is 9.30 Å². The highest BCUT2D eigenvalue weighted by Crippen LogP contribution is 2.30. The highest BCUT2D eigenvalue weighted by molar-refractivity contribution is 7.13. The zero-order valence-electron chi connectivity index (χ0n) is 16.3. The van der Waals surface area contributed by atoms with Gasteiger partial charge in [0.2, 0.25) is 0 Å². The summed E-state index contributed by atoms with van der Waals surface area (Å²) in [5.41, 5.74) is 6.83. The van der Waals surface area contributed by atoms with E-state index in [0.29, 0.717) is 0 Å². The van der Waals surface area contributed by atoms with Gasteiger partial charge >= 0.3 is 0 Å². The lowest BCUT2D eigenvalue weighted by Gasteiger charge is -2.11. The molecule has 0 N–H and O–H groups in total. The molecule has 0 spiro atoms. The van der Waals surface area contributed by atoms with Crippen molar-refractivity contribution in [2.24, 2.45) is 0 Å². The van der Waals surface area contributed by atoms with Crippen LogP contribution in [0.15, 0.2) is 60.1 Å². The van der Waals surface area contributed by atoms with Gasteiger partial charge in [-0.25, -0.2) is 4.98 Å². The Morgan fingerprint density at radius 3 is 2.64 bits per heavy atom. The molecule has 1 aromatic carbocycles. The van der Waals surface area contributed by atoms with Gasteiger partial charge in [0, 0.05) is 35.1 Å². The van der Waals surface area contributed by atoms with Gasteiger partial charge in [-0.2, -0.15) is 0 Å². The first-order chi connectivity index (χ1) is 13.7. The number of thiazole rings is 1. The van der Waals surface area contributed by atoms with E-state index in [-0.39, 0.29) is 0 Å². The number of hydrogen-bond donors (Lipinski definition) is 0. The van der Waals surface area contributed by atoms with Crippen LogP contribution in [0.1, 0.15) is 23.9 Å². The number of rotatable bonds is 6. The summed E-state index contributed by atoms with van der Waals surface area (Å²) in [7, 11) is 1.69. The maximum absolute atomic E-state index is 5.26. The fraction of sp³-hybridized carbons (Fsp3) is 0.217. The SMILES string of the molecule is CCc1cc(-c2nc(-c3ccc(C)n3Cc3ccc(OC)cc3)cs2)ccn1. The molecule has 0 saturated heterocycles. The second-order valence-corrected chi connectivity index (χ2v) is 7.58. The number of hydrogen-bond acceptors (Lipinski definition) is 4. The van der Waals surface area contributed by atoms with E-state index in [1.54, 1.807) is 18.4 Å². The van der Waals surface area contributed by atoms with Crippen LogP contribution in [0.25, 0.3) is 22.0 Å². The summed E-state index contributed by atoms with van der Waals surface area (Å²) in [4.78, 5) is 9.31. The van der Waals surface area contributed by atoms with Crippen LogP contribution >= 0.6 is 11.3 Å². The van der Waals surface area contributed by atoms with E-state index in [0.717, 1.165) is 46.4 Å². The summed E-state index contributed by atoms with van der Waals surface area (Å²) in [6.45, 7) is 5.06. The molecule has 0 aliphatic rings. The average molecular weight is 390 g/mol. The van der Waals surface area contributed by atoms with Crippen LogP contribution in [0, 0.1) is 6.92 Å². The van der Waals surface area contributed by atoms with Crippen LogP contribution < -0.4 is 4.74 Å². The molecule has 0 fully saturated rings. The zero-order chi connectivity index (χ0) is 19.5. The van der Waals surface area contributed by atoms with Crippen LogP contribution in [0.5, 0.6) is 5.75 Å². The smallest absolute Gasteiger partial charge is 0.124 e. The van der Waals surface area contributed by atoms with Crippen molar-refractivity contribution in [1.82, 2.24) is 14.5 Å². The summed E-state index contributed by atoms with van der Waals surface area (Å²) in [6.07, 6.45) is 2.79. The lowest BCUT2D eigenvalue weighted by Crippen LogP contribution is -2.03. The summed E-state index contributed by atoms with van der Waals surface area (Å²) in [5.74, 6) is 0.876. The molecule has 0 aliphatic heterocycles. The lowest BCUT2D eigenvalue weighted by molar-refractivity contribution is 0.414. The van der Waals surface area contributed by atoms with Crippen molar-refractivity contribution in [3.63, 3.8) is 0 Å². The van der Waals surface area contributed by atoms with Gasteiger partial charge in [0.15, 0.2) is 0 Å². The molecular formula is C23H23N3OS. The first kappa shape index (κ1) is 18.4. The van der Waals surface area contributed by atoms with Gasteiger partial charge in [0.05, 0.1) is 18.5 Å². The molecule has 5 heteroatoms. The molecule has 0 atom stereocenters. The van der Waals surface area contributed by atoms with Gasteiger partial charge in [-0.3, -0.25) is 4.98 Å². The maximum Gasteiger partial charge on any atom is 0.124 e. The summed E-state index contributed by atoms with van der Waals surface area (Å²) in [6, 6.07) is 16.7. The minimum atomic E-state index is 0.806. The summed E-state index contributed by atoms with van der Waals surface area (Å²) in [5, 5.41) is 3.17. The van der Waals surface area contributed by atoms with Crippen molar-refractivity contribution in [3.8, 4) is 27.7 Å². The molecule has 3 aromatic heterocycles. The lowest BCUT2D eigenvalue weighted by atomic mass is 10.2. The van der Waals surface area contributed by atoms with Gasteiger partial charge in [-0.1, -0.05) is 19.1 Å². The van der Waals surface area contributed by atoms with E-state index < -0.39 is 0 Å². The summed E-state index contributed by atoms with van der Waals surface area (Å²) < 4.78 is 7.57. The maximum atomic E-state index is 5.26. The number of nitrogens with zero attached hydrogens (tertiary/aromatic N) is 3. The quantitative estimate of drug-likeness (QED) is 0.431. The normalized spacial score (nSPS) is 11.0. The van der Waals surface area contributed by atoms with E-state index in [9.17, 15) is 0 Å². The molecule has 4 rings (SSSR count). The number of benzene rings is 1. The van der Waals surface area contributed by atoms with Crippen LogP contribution in [-0.4, -0.2) is 21.6 Å². The standard InChI is InChI=1S/C23H23N3OS/c1-4-19-13-18(11-12-24-19)23-25-21(15-28-23)22-10-5-16(2)26(22)14-17-6-8-20(27-3)9-7-17/h5-13,15H,4,14H2,1-3H3. The van der Waals surface area contributed by atoms with Crippen molar-refractivity contribution in [1.29, 1.82) is 0 Å². The highest BCUT2D eigenvalue weighted by Gasteiger charge is 2.13. The van der Waals surface area contributed by atoms with Crippen LogP contribution in [0.3, 0.4) is 0 Å². The summed E-state index contributed by atoms with van der Waals surface area (Å²) >= 11 is 1.68. The zero-order valence-corrected chi connectivity index (χ0v) is 17.2. The van der Waals surface area contributed by atoms with Gasteiger partial charge in [0.1, 0.15) is 10.8 Å².